The minimum atomic E-state index is -0.709. The van der Waals surface area contributed by atoms with E-state index < -0.39 is 5.97 Å². The fourth-order valence-electron chi connectivity index (χ4n) is 2.54. The van der Waals surface area contributed by atoms with Crippen LogP contribution in [0.5, 0.6) is 0 Å². The van der Waals surface area contributed by atoms with Gasteiger partial charge in [-0.2, -0.15) is 0 Å². The summed E-state index contributed by atoms with van der Waals surface area (Å²) in [6, 6.07) is 0. The zero-order valence-electron chi connectivity index (χ0n) is 13.0. The predicted molar refractivity (Wildman–Crippen MR) is 79.6 cm³/mol. The van der Waals surface area contributed by atoms with Gasteiger partial charge in [0.1, 0.15) is 12.4 Å². The van der Waals surface area contributed by atoms with Crippen LogP contribution in [0, 0.1) is 0 Å². The Morgan fingerprint density at radius 2 is 1.90 bits per heavy atom. The Bertz CT molecular complexity index is 399. The molecule has 0 saturated carbocycles. The predicted octanol–water partition coefficient (Wildman–Crippen LogP) is 3.08. The van der Waals surface area contributed by atoms with Crippen LogP contribution >= 0.6 is 0 Å². The number of hydrogen-bond acceptors (Lipinski definition) is 1. The number of nitrogens with zero attached hydrogens (tertiary/aromatic N) is 2. The lowest BCUT2D eigenvalue weighted by Gasteiger charge is -2.03. The molecular weight excluding hydrogens is 252 g/mol. The van der Waals surface area contributed by atoms with Crippen molar-refractivity contribution < 1.29 is 14.5 Å². The molecule has 0 radical (unpaired) electrons. The van der Waals surface area contributed by atoms with Crippen molar-refractivity contribution in [1.29, 1.82) is 0 Å². The van der Waals surface area contributed by atoms with E-state index in [2.05, 4.69) is 35.5 Å². The molecule has 0 aliphatic heterocycles. The normalized spacial score (nSPS) is 10.9. The van der Waals surface area contributed by atoms with Gasteiger partial charge in [0.15, 0.2) is 0 Å². The molecule has 0 atom stereocenters. The van der Waals surface area contributed by atoms with Crippen LogP contribution in [0.15, 0.2) is 12.4 Å². The molecule has 0 fully saturated rings. The SMILES string of the molecule is CCCCCCCCc1n(CCCC(=O)O)cc[n+]1C. The van der Waals surface area contributed by atoms with Crippen LogP contribution in [-0.4, -0.2) is 15.6 Å². The van der Waals surface area contributed by atoms with Crippen LogP contribution < -0.4 is 4.57 Å². The van der Waals surface area contributed by atoms with Crippen molar-refractivity contribution in [3.8, 4) is 0 Å². The maximum Gasteiger partial charge on any atom is 0.303 e. The van der Waals surface area contributed by atoms with E-state index in [1.165, 1.54) is 44.3 Å². The standard InChI is InChI=1S/C16H28N2O2/c1-3-4-5-6-7-8-10-15-17(2)13-14-18(15)12-9-11-16(19)20/h13-14H,3-12H2,1-2H3/p+1. The Morgan fingerprint density at radius 1 is 1.20 bits per heavy atom. The number of carboxylic acid groups (broad SMARTS) is 1. The first-order chi connectivity index (χ1) is 9.65. The molecule has 0 aliphatic rings. The first-order valence-corrected chi connectivity index (χ1v) is 7.90. The number of imidazole rings is 1. The van der Waals surface area contributed by atoms with Crippen LogP contribution in [0.2, 0.25) is 0 Å². The van der Waals surface area contributed by atoms with Crippen molar-refractivity contribution in [1.82, 2.24) is 4.57 Å². The van der Waals surface area contributed by atoms with Crippen LogP contribution in [-0.2, 0) is 24.8 Å². The molecule has 4 heteroatoms. The molecule has 0 bridgehead atoms. The van der Waals surface area contributed by atoms with E-state index in [0.717, 1.165) is 13.0 Å². The summed E-state index contributed by atoms with van der Waals surface area (Å²) in [6.45, 7) is 3.04. The topological polar surface area (TPSA) is 46.1 Å². The second-order valence-electron chi connectivity index (χ2n) is 5.53. The van der Waals surface area contributed by atoms with Gasteiger partial charge in [-0.15, -0.1) is 0 Å². The van der Waals surface area contributed by atoms with Gasteiger partial charge in [-0.3, -0.25) is 4.79 Å². The fraction of sp³-hybridized carbons (Fsp3) is 0.750. The minimum Gasteiger partial charge on any atom is -0.481 e. The third-order valence-electron chi connectivity index (χ3n) is 3.75. The highest BCUT2D eigenvalue weighted by molar-refractivity contribution is 5.66. The van der Waals surface area contributed by atoms with Gasteiger partial charge in [0.25, 0.3) is 5.82 Å². The average Bonchev–Trinajstić information content (AvgIpc) is 2.75. The Labute approximate surface area is 122 Å². The Hall–Kier alpha value is -1.32. The Kier molecular flexibility index (Phi) is 8.00. The van der Waals surface area contributed by atoms with Crippen molar-refractivity contribution in [3.63, 3.8) is 0 Å². The molecule has 1 heterocycles. The van der Waals surface area contributed by atoms with E-state index in [1.54, 1.807) is 0 Å². The molecule has 1 N–H and O–H groups in total. The maximum atomic E-state index is 10.6. The summed E-state index contributed by atoms with van der Waals surface area (Å²) in [5.74, 6) is 0.602. The largest absolute Gasteiger partial charge is 0.481 e. The van der Waals surface area contributed by atoms with Gasteiger partial charge >= 0.3 is 5.97 Å². The molecule has 0 aliphatic carbocycles. The number of aliphatic carboxylic acids is 1. The molecular formula is C16H29N2O2+. The van der Waals surface area contributed by atoms with E-state index in [4.69, 9.17) is 5.11 Å². The fourth-order valence-corrected chi connectivity index (χ4v) is 2.54. The van der Waals surface area contributed by atoms with Gasteiger partial charge in [-0.25, -0.2) is 9.13 Å². The maximum absolute atomic E-state index is 10.6. The van der Waals surface area contributed by atoms with Gasteiger partial charge in [0.05, 0.1) is 13.6 Å². The Morgan fingerprint density at radius 3 is 2.60 bits per heavy atom. The third-order valence-corrected chi connectivity index (χ3v) is 3.75. The minimum absolute atomic E-state index is 0.248. The monoisotopic (exact) mass is 281 g/mol. The second-order valence-corrected chi connectivity index (χ2v) is 5.53. The van der Waals surface area contributed by atoms with Crippen LogP contribution in [0.4, 0.5) is 0 Å². The van der Waals surface area contributed by atoms with Crippen molar-refractivity contribution >= 4 is 5.97 Å². The highest BCUT2D eigenvalue weighted by Crippen LogP contribution is 2.09. The summed E-state index contributed by atoms with van der Waals surface area (Å²) in [6.07, 6.45) is 14.0. The van der Waals surface area contributed by atoms with Crippen molar-refractivity contribution in [2.24, 2.45) is 7.05 Å². The lowest BCUT2D eigenvalue weighted by molar-refractivity contribution is -0.678. The Balaban J connectivity index is 2.32. The average molecular weight is 281 g/mol. The molecule has 4 nitrogen and oxygen atoms in total. The lowest BCUT2D eigenvalue weighted by atomic mass is 10.1. The lowest BCUT2D eigenvalue weighted by Crippen LogP contribution is -2.32. The smallest absolute Gasteiger partial charge is 0.303 e. The second kappa shape index (κ2) is 9.56. The summed E-state index contributed by atoms with van der Waals surface area (Å²) >= 11 is 0. The van der Waals surface area contributed by atoms with Crippen molar-refractivity contribution in [2.75, 3.05) is 0 Å². The molecule has 0 aromatic carbocycles. The molecule has 0 amide bonds. The van der Waals surface area contributed by atoms with E-state index in [-0.39, 0.29) is 6.42 Å². The third kappa shape index (κ3) is 6.22. The van der Waals surface area contributed by atoms with E-state index in [1.807, 2.05) is 0 Å². The summed E-state index contributed by atoms with van der Waals surface area (Å²) in [7, 11) is 2.07. The van der Waals surface area contributed by atoms with Gasteiger partial charge in [0, 0.05) is 12.8 Å². The highest BCUT2D eigenvalue weighted by Gasteiger charge is 2.14. The molecule has 0 saturated heterocycles. The van der Waals surface area contributed by atoms with Gasteiger partial charge in [0.2, 0.25) is 0 Å². The van der Waals surface area contributed by atoms with Crippen LogP contribution in [0.1, 0.15) is 64.1 Å². The number of hydrogen-bond donors (Lipinski definition) is 1. The molecule has 1 rings (SSSR count). The quantitative estimate of drug-likeness (QED) is 0.500. The molecule has 114 valence electrons. The van der Waals surface area contributed by atoms with Crippen LogP contribution in [0.3, 0.4) is 0 Å². The number of unbranched alkanes of at least 4 members (excludes halogenated alkanes) is 5. The molecule has 20 heavy (non-hydrogen) atoms. The number of carbonyl (C=O) groups is 1. The number of rotatable bonds is 11. The number of carboxylic acids is 1. The molecule has 1 aromatic heterocycles. The molecule has 0 spiro atoms. The first-order valence-electron chi connectivity index (χ1n) is 7.90. The van der Waals surface area contributed by atoms with E-state index in [0.29, 0.717) is 6.42 Å². The summed E-state index contributed by atoms with van der Waals surface area (Å²) in [5, 5.41) is 8.70. The van der Waals surface area contributed by atoms with Gasteiger partial charge in [-0.05, 0) is 12.8 Å². The number of aromatic nitrogens is 2. The zero-order valence-corrected chi connectivity index (χ0v) is 13.0. The highest BCUT2D eigenvalue weighted by atomic mass is 16.4. The van der Waals surface area contributed by atoms with E-state index in [9.17, 15) is 4.79 Å². The van der Waals surface area contributed by atoms with Crippen molar-refractivity contribution in [2.45, 2.75) is 71.3 Å². The van der Waals surface area contributed by atoms with Crippen molar-refractivity contribution in [3.05, 3.63) is 18.2 Å². The van der Waals surface area contributed by atoms with E-state index >= 15 is 0 Å². The molecule has 0 unspecified atom stereocenters. The van der Waals surface area contributed by atoms with Gasteiger partial charge in [-0.1, -0.05) is 39.0 Å². The van der Waals surface area contributed by atoms with Gasteiger partial charge < -0.3 is 5.11 Å². The number of aryl methyl sites for hydroxylation is 2. The van der Waals surface area contributed by atoms with Crippen LogP contribution in [0.25, 0.3) is 0 Å². The summed E-state index contributed by atoms with van der Waals surface area (Å²) in [5.41, 5.74) is 0. The zero-order chi connectivity index (χ0) is 14.8. The first kappa shape index (κ1) is 16.7. The summed E-state index contributed by atoms with van der Waals surface area (Å²) < 4.78 is 4.36. The summed E-state index contributed by atoms with van der Waals surface area (Å²) in [4.78, 5) is 10.6. The molecule has 1 aromatic rings.